The van der Waals surface area contributed by atoms with Crippen molar-refractivity contribution < 1.29 is 23.8 Å². The van der Waals surface area contributed by atoms with Gasteiger partial charge in [0.05, 0.1) is 0 Å². The van der Waals surface area contributed by atoms with E-state index in [9.17, 15) is 14.3 Å². The highest BCUT2D eigenvalue weighted by molar-refractivity contribution is 5.95. The van der Waals surface area contributed by atoms with Gasteiger partial charge in [-0.25, -0.2) is 9.38 Å². The van der Waals surface area contributed by atoms with Gasteiger partial charge in [-0.05, 0) is 30.7 Å². The lowest BCUT2D eigenvalue weighted by atomic mass is 9.81. The molecular formula is C19H16FN3O4. The molecule has 1 fully saturated rings. The molecule has 1 saturated heterocycles. The molecule has 0 aliphatic carbocycles. The van der Waals surface area contributed by atoms with Crippen LogP contribution >= 0.6 is 0 Å². The maximum Gasteiger partial charge on any atom is 0.283 e. The number of carbonyl (C=O) groups excluding carboxylic acids is 1. The molecule has 1 amide bonds. The number of aromatic hydroxyl groups is 1. The van der Waals surface area contributed by atoms with Crippen LogP contribution in [0, 0.1) is 5.82 Å². The van der Waals surface area contributed by atoms with Gasteiger partial charge in [0.1, 0.15) is 18.1 Å². The number of hydrogen-bond acceptors (Lipinski definition) is 6. The van der Waals surface area contributed by atoms with Crippen LogP contribution in [0.3, 0.4) is 0 Å². The van der Waals surface area contributed by atoms with E-state index in [0.29, 0.717) is 35.5 Å². The number of benzene rings is 2. The molecular weight excluding hydrogens is 353 g/mol. The molecule has 1 spiro atoms. The number of ether oxygens (including phenoxy) is 2. The summed E-state index contributed by atoms with van der Waals surface area (Å²) in [6.07, 6.45) is 1.16. The molecule has 5 rings (SSSR count). The van der Waals surface area contributed by atoms with Gasteiger partial charge >= 0.3 is 0 Å². The molecule has 7 nitrogen and oxygen atoms in total. The smallest absolute Gasteiger partial charge is 0.283 e. The van der Waals surface area contributed by atoms with Gasteiger partial charge in [0, 0.05) is 35.8 Å². The van der Waals surface area contributed by atoms with Gasteiger partial charge in [-0.2, -0.15) is 0 Å². The number of phenolic OH excluding ortho intramolecular Hbond substituents is 1. The van der Waals surface area contributed by atoms with E-state index in [1.165, 1.54) is 18.2 Å². The van der Waals surface area contributed by atoms with E-state index in [4.69, 9.17) is 15.2 Å². The lowest BCUT2D eigenvalue weighted by Crippen LogP contribution is -2.32. The predicted octanol–water partition coefficient (Wildman–Crippen LogP) is 2.35. The van der Waals surface area contributed by atoms with Crippen LogP contribution < -0.4 is 15.4 Å². The fraction of sp³-hybridized carbons (Fsp3) is 0.263. The average Bonchev–Trinajstić information content (AvgIpc) is 3.23. The van der Waals surface area contributed by atoms with Gasteiger partial charge in [-0.3, -0.25) is 4.79 Å². The van der Waals surface area contributed by atoms with Crippen molar-refractivity contribution in [1.82, 2.24) is 0 Å². The van der Waals surface area contributed by atoms with Gasteiger partial charge in [0.25, 0.3) is 6.02 Å². The third-order valence-corrected chi connectivity index (χ3v) is 5.21. The fourth-order valence-corrected chi connectivity index (χ4v) is 3.96. The van der Waals surface area contributed by atoms with Crippen molar-refractivity contribution in [3.63, 3.8) is 0 Å². The molecule has 0 saturated carbocycles. The Bertz CT molecular complexity index is 1020. The van der Waals surface area contributed by atoms with Crippen LogP contribution in [-0.2, 0) is 15.1 Å². The maximum absolute atomic E-state index is 15.0. The first-order valence-electron chi connectivity index (χ1n) is 8.62. The lowest BCUT2D eigenvalue weighted by molar-refractivity contribution is -0.117. The van der Waals surface area contributed by atoms with Gasteiger partial charge in [0.15, 0.2) is 17.1 Å². The van der Waals surface area contributed by atoms with Crippen LogP contribution in [0.15, 0.2) is 35.3 Å². The molecule has 0 bridgehead atoms. The number of rotatable bonds is 1. The van der Waals surface area contributed by atoms with Gasteiger partial charge in [-0.1, -0.05) is 0 Å². The molecule has 0 unspecified atom stereocenters. The van der Waals surface area contributed by atoms with E-state index >= 15 is 0 Å². The number of anilines is 1. The zero-order valence-electron chi connectivity index (χ0n) is 14.2. The molecule has 2 aromatic rings. The number of amidine groups is 1. The van der Waals surface area contributed by atoms with Crippen LogP contribution in [0.5, 0.6) is 17.2 Å². The summed E-state index contributed by atoms with van der Waals surface area (Å²) in [4.78, 5) is 18.1. The van der Waals surface area contributed by atoms with Gasteiger partial charge < -0.3 is 25.2 Å². The van der Waals surface area contributed by atoms with Crippen LogP contribution in [0.1, 0.15) is 24.0 Å². The Hall–Kier alpha value is -3.29. The maximum atomic E-state index is 15.0. The van der Waals surface area contributed by atoms with Crippen LogP contribution in [-0.4, -0.2) is 30.2 Å². The summed E-state index contributed by atoms with van der Waals surface area (Å²) in [6.45, 7) is 0.576. The Morgan fingerprint density at radius 1 is 1.26 bits per heavy atom. The molecule has 3 heterocycles. The number of fused-ring (bicyclic) bond motifs is 4. The van der Waals surface area contributed by atoms with Crippen molar-refractivity contribution >= 4 is 17.6 Å². The summed E-state index contributed by atoms with van der Waals surface area (Å²) in [6, 6.07) is 7.48. The third kappa shape index (κ3) is 2.19. The second-order valence-corrected chi connectivity index (χ2v) is 6.83. The standard InChI is InChI=1S/C19H16FN3O4/c20-14-7-10(23-5-1-2-16(23)25)6-13-17(14)27-15-4-3-11(24)8-12(15)19(13)9-26-18(21)22-19/h3-4,6-8,24H,1-2,5,9H2,(H2,21,22)/t19-/m0/s1. The second-order valence-electron chi connectivity index (χ2n) is 6.83. The molecule has 27 heavy (non-hydrogen) atoms. The lowest BCUT2D eigenvalue weighted by Gasteiger charge is -2.34. The summed E-state index contributed by atoms with van der Waals surface area (Å²) < 4.78 is 26.2. The zero-order valence-corrected chi connectivity index (χ0v) is 14.2. The zero-order chi connectivity index (χ0) is 18.8. The summed E-state index contributed by atoms with van der Waals surface area (Å²) >= 11 is 0. The molecule has 3 aliphatic rings. The predicted molar refractivity (Wildman–Crippen MR) is 94.5 cm³/mol. The van der Waals surface area contributed by atoms with Gasteiger partial charge in [-0.15, -0.1) is 0 Å². The molecule has 3 N–H and O–H groups in total. The minimum atomic E-state index is -1.15. The number of phenols is 1. The van der Waals surface area contributed by atoms with Crippen molar-refractivity contribution in [2.24, 2.45) is 10.7 Å². The quantitative estimate of drug-likeness (QED) is 0.804. The van der Waals surface area contributed by atoms with E-state index in [2.05, 4.69) is 4.99 Å². The van der Waals surface area contributed by atoms with Crippen molar-refractivity contribution in [2.75, 3.05) is 18.1 Å². The molecule has 1 atom stereocenters. The highest BCUT2D eigenvalue weighted by Crippen LogP contribution is 2.53. The topological polar surface area (TPSA) is 97.4 Å². The first-order valence-corrected chi connectivity index (χ1v) is 8.62. The first kappa shape index (κ1) is 15.9. The highest BCUT2D eigenvalue weighted by Gasteiger charge is 2.48. The monoisotopic (exact) mass is 369 g/mol. The van der Waals surface area contributed by atoms with E-state index in [-0.39, 0.29) is 30.0 Å². The Balaban J connectivity index is 1.76. The molecule has 0 aromatic heterocycles. The second kappa shape index (κ2) is 5.35. The molecule has 2 aromatic carbocycles. The summed E-state index contributed by atoms with van der Waals surface area (Å²) in [5.41, 5.74) is 6.02. The van der Waals surface area contributed by atoms with Crippen LogP contribution in [0.25, 0.3) is 0 Å². The number of amides is 1. The van der Waals surface area contributed by atoms with E-state index in [0.717, 1.165) is 6.42 Å². The Morgan fingerprint density at radius 2 is 2.11 bits per heavy atom. The number of hydrogen-bond donors (Lipinski definition) is 2. The molecule has 0 radical (unpaired) electrons. The number of aliphatic imine (C=N–C) groups is 1. The normalized spacial score (nSPS) is 22.9. The minimum absolute atomic E-state index is 0.0191. The first-order chi connectivity index (χ1) is 13.0. The van der Waals surface area contributed by atoms with E-state index < -0.39 is 11.4 Å². The highest BCUT2D eigenvalue weighted by atomic mass is 19.1. The summed E-state index contributed by atoms with van der Waals surface area (Å²) in [5, 5.41) is 9.96. The van der Waals surface area contributed by atoms with Crippen molar-refractivity contribution in [1.29, 1.82) is 0 Å². The van der Waals surface area contributed by atoms with Crippen molar-refractivity contribution in [3.8, 4) is 17.2 Å². The van der Waals surface area contributed by atoms with Crippen molar-refractivity contribution in [3.05, 3.63) is 47.3 Å². The van der Waals surface area contributed by atoms with Crippen LogP contribution in [0.4, 0.5) is 10.1 Å². The average molecular weight is 369 g/mol. The fourth-order valence-electron chi connectivity index (χ4n) is 3.96. The molecule has 8 heteroatoms. The SMILES string of the molecule is NC1=N[C@@]2(CO1)c1cc(O)ccc1Oc1c(F)cc(N3CCCC3=O)cc12. The molecule has 3 aliphatic heterocycles. The number of halogens is 1. The summed E-state index contributed by atoms with van der Waals surface area (Å²) in [5.74, 6) is -0.242. The number of nitrogens with zero attached hydrogens (tertiary/aromatic N) is 2. The third-order valence-electron chi connectivity index (χ3n) is 5.21. The van der Waals surface area contributed by atoms with E-state index in [1.54, 1.807) is 17.0 Å². The van der Waals surface area contributed by atoms with Crippen LogP contribution in [0.2, 0.25) is 0 Å². The molecule has 138 valence electrons. The number of carbonyl (C=O) groups is 1. The van der Waals surface area contributed by atoms with Crippen molar-refractivity contribution in [2.45, 2.75) is 18.4 Å². The Kier molecular flexibility index (Phi) is 3.16. The summed E-state index contributed by atoms with van der Waals surface area (Å²) in [7, 11) is 0. The Morgan fingerprint density at radius 3 is 2.81 bits per heavy atom. The largest absolute Gasteiger partial charge is 0.508 e. The Labute approximate surface area is 153 Å². The van der Waals surface area contributed by atoms with Gasteiger partial charge in [0.2, 0.25) is 5.91 Å². The van der Waals surface area contributed by atoms with E-state index in [1.807, 2.05) is 0 Å². The minimum Gasteiger partial charge on any atom is -0.508 e. The number of nitrogens with two attached hydrogens (primary N) is 1.